The lowest BCUT2D eigenvalue weighted by molar-refractivity contribution is 0.988. The molecule has 0 aliphatic rings. The molecule has 0 radical (unpaired) electrons. The fraction of sp³-hybridized carbons (Fsp3) is 0.333. The summed E-state index contributed by atoms with van der Waals surface area (Å²) in [5.74, 6) is 0.724. The second-order valence-electron chi connectivity index (χ2n) is 1.96. The number of hydrogen-bond acceptors (Lipinski definition) is 3. The van der Waals surface area contributed by atoms with E-state index < -0.39 is 0 Å². The van der Waals surface area contributed by atoms with E-state index in [-0.39, 0.29) is 0 Å². The summed E-state index contributed by atoms with van der Waals surface area (Å²) < 4.78 is 0. The monoisotopic (exact) mass is 208 g/mol. The van der Waals surface area contributed by atoms with E-state index in [0.717, 1.165) is 17.7 Å². The van der Waals surface area contributed by atoms with E-state index in [9.17, 15) is 0 Å². The van der Waals surface area contributed by atoms with E-state index in [0.29, 0.717) is 10.3 Å². The minimum atomic E-state index is 0.367. The van der Waals surface area contributed by atoms with Gasteiger partial charge in [0.1, 0.15) is 0 Å². The first kappa shape index (κ1) is 9.10. The zero-order chi connectivity index (χ0) is 8.27. The van der Waals surface area contributed by atoms with Gasteiger partial charge in [-0.2, -0.15) is 12.6 Å². The molecule has 1 aromatic rings. The number of aryl methyl sites for hydroxylation is 1. The van der Waals surface area contributed by atoms with E-state index in [2.05, 4.69) is 22.8 Å². The molecule has 0 unspecified atom stereocenters. The highest BCUT2D eigenvalue weighted by Gasteiger charge is 2.01. The summed E-state index contributed by atoms with van der Waals surface area (Å²) in [7, 11) is 0. The molecule has 0 spiro atoms. The molecule has 1 aromatic heterocycles. The summed E-state index contributed by atoms with van der Waals surface area (Å²) in [6, 6.07) is 1.70. The topological polar surface area (TPSA) is 25.8 Å². The van der Waals surface area contributed by atoms with Crippen molar-refractivity contribution >= 4 is 35.8 Å². The summed E-state index contributed by atoms with van der Waals surface area (Å²) in [4.78, 5) is 0. The van der Waals surface area contributed by atoms with Gasteiger partial charge in [0.2, 0.25) is 0 Å². The molecule has 1 heterocycles. The average molecular weight is 209 g/mol. The molecule has 0 N–H and O–H groups in total. The summed E-state index contributed by atoms with van der Waals surface area (Å²) >= 11 is 15.4. The van der Waals surface area contributed by atoms with Gasteiger partial charge in [0.25, 0.3) is 0 Å². The predicted molar refractivity (Wildman–Crippen MR) is 49.6 cm³/mol. The van der Waals surface area contributed by atoms with Gasteiger partial charge in [0.05, 0.1) is 0 Å². The van der Waals surface area contributed by atoms with Crippen molar-refractivity contribution in [3.8, 4) is 0 Å². The van der Waals surface area contributed by atoms with Gasteiger partial charge in [-0.1, -0.05) is 23.2 Å². The van der Waals surface area contributed by atoms with Crippen LogP contribution < -0.4 is 0 Å². The largest absolute Gasteiger partial charge is 0.179 e. The van der Waals surface area contributed by atoms with Crippen LogP contribution in [0.2, 0.25) is 10.3 Å². The normalized spacial score (nSPS) is 10.1. The Labute approximate surface area is 80.3 Å². The van der Waals surface area contributed by atoms with Gasteiger partial charge in [0, 0.05) is 0 Å². The highest BCUT2D eigenvalue weighted by atomic mass is 35.5. The van der Waals surface area contributed by atoms with Crippen molar-refractivity contribution in [3.63, 3.8) is 0 Å². The molecule has 0 aliphatic carbocycles. The molecule has 0 bridgehead atoms. The van der Waals surface area contributed by atoms with Crippen molar-refractivity contribution < 1.29 is 0 Å². The first-order valence-corrected chi connectivity index (χ1v) is 4.41. The third kappa shape index (κ3) is 2.51. The van der Waals surface area contributed by atoms with Crippen LogP contribution in [0.5, 0.6) is 0 Å². The van der Waals surface area contributed by atoms with Crippen LogP contribution in [0.1, 0.15) is 5.56 Å². The maximum atomic E-state index is 5.71. The van der Waals surface area contributed by atoms with Gasteiger partial charge in [-0.3, -0.25) is 0 Å². The second-order valence-corrected chi connectivity index (χ2v) is 3.15. The van der Waals surface area contributed by atoms with Gasteiger partial charge in [-0.05, 0) is 23.8 Å². The maximum Gasteiger partial charge on any atom is 0.155 e. The van der Waals surface area contributed by atoms with Crippen molar-refractivity contribution in [1.29, 1.82) is 0 Å². The molecule has 11 heavy (non-hydrogen) atoms. The van der Waals surface area contributed by atoms with Crippen LogP contribution >= 0.6 is 35.8 Å². The van der Waals surface area contributed by atoms with Crippen LogP contribution in [0, 0.1) is 0 Å². The zero-order valence-corrected chi connectivity index (χ0v) is 8.00. The quantitative estimate of drug-likeness (QED) is 0.756. The lowest BCUT2D eigenvalue weighted by atomic mass is 10.2. The number of rotatable bonds is 2. The van der Waals surface area contributed by atoms with Gasteiger partial charge < -0.3 is 0 Å². The molecule has 0 fully saturated rings. The minimum absolute atomic E-state index is 0.367. The Kier molecular flexibility index (Phi) is 3.43. The van der Waals surface area contributed by atoms with Crippen molar-refractivity contribution in [2.45, 2.75) is 6.42 Å². The molecular formula is C6H6Cl2N2S. The van der Waals surface area contributed by atoms with Gasteiger partial charge >= 0.3 is 0 Å². The van der Waals surface area contributed by atoms with E-state index >= 15 is 0 Å². The average Bonchev–Trinajstić information content (AvgIpc) is 1.98. The van der Waals surface area contributed by atoms with E-state index in [1.54, 1.807) is 6.07 Å². The highest BCUT2D eigenvalue weighted by Crippen LogP contribution is 2.15. The second kappa shape index (κ2) is 4.14. The predicted octanol–water partition coefficient (Wildman–Crippen LogP) is 2.26. The lowest BCUT2D eigenvalue weighted by Crippen LogP contribution is -1.92. The Bertz CT molecular complexity index is 254. The summed E-state index contributed by atoms with van der Waals surface area (Å²) in [6.45, 7) is 0. The Hall–Kier alpha value is 0.01000. The van der Waals surface area contributed by atoms with Crippen LogP contribution in [0.3, 0.4) is 0 Å². The first-order chi connectivity index (χ1) is 5.24. The zero-order valence-electron chi connectivity index (χ0n) is 5.59. The number of hydrogen-bond donors (Lipinski definition) is 1. The molecule has 1 rings (SSSR count). The molecule has 5 heteroatoms. The summed E-state index contributed by atoms with van der Waals surface area (Å²) in [5.41, 5.74) is 0.890. The first-order valence-electron chi connectivity index (χ1n) is 3.02. The number of aromatic nitrogens is 2. The van der Waals surface area contributed by atoms with Gasteiger partial charge in [-0.25, -0.2) is 0 Å². The van der Waals surface area contributed by atoms with Crippen LogP contribution in [-0.4, -0.2) is 16.0 Å². The Morgan fingerprint density at radius 1 is 1.36 bits per heavy atom. The third-order valence-electron chi connectivity index (χ3n) is 1.17. The molecule has 60 valence electrons. The molecule has 0 saturated heterocycles. The van der Waals surface area contributed by atoms with Crippen LogP contribution in [0.25, 0.3) is 0 Å². The molecule has 0 aromatic carbocycles. The molecular weight excluding hydrogens is 203 g/mol. The summed E-state index contributed by atoms with van der Waals surface area (Å²) in [5, 5.41) is 8.00. The Morgan fingerprint density at radius 3 is 2.73 bits per heavy atom. The van der Waals surface area contributed by atoms with Crippen molar-refractivity contribution in [1.82, 2.24) is 10.2 Å². The highest BCUT2D eigenvalue weighted by molar-refractivity contribution is 7.80. The standard InChI is InChI=1S/C6H6Cl2N2S/c7-5-3-4(1-2-11)6(8)10-9-5/h3,11H,1-2H2. The fourth-order valence-electron chi connectivity index (χ4n) is 0.684. The Morgan fingerprint density at radius 2 is 2.09 bits per heavy atom. The molecule has 0 amide bonds. The molecule has 0 atom stereocenters. The van der Waals surface area contributed by atoms with Crippen LogP contribution in [0.4, 0.5) is 0 Å². The molecule has 0 saturated carbocycles. The number of nitrogens with zero attached hydrogens (tertiary/aromatic N) is 2. The molecule has 2 nitrogen and oxygen atoms in total. The van der Waals surface area contributed by atoms with Gasteiger partial charge in [0.15, 0.2) is 10.3 Å². The SMILES string of the molecule is SCCc1cc(Cl)nnc1Cl. The number of halogens is 2. The maximum absolute atomic E-state index is 5.71. The Balaban J connectivity index is 2.93. The third-order valence-corrected chi connectivity index (χ3v) is 1.90. The number of thiol groups is 1. The van der Waals surface area contributed by atoms with Crippen molar-refractivity contribution in [2.75, 3.05) is 5.75 Å². The fourth-order valence-corrected chi connectivity index (χ4v) is 1.28. The smallest absolute Gasteiger partial charge is 0.155 e. The van der Waals surface area contributed by atoms with Gasteiger partial charge in [-0.15, -0.1) is 10.2 Å². The van der Waals surface area contributed by atoms with E-state index in [1.807, 2.05) is 0 Å². The minimum Gasteiger partial charge on any atom is -0.179 e. The van der Waals surface area contributed by atoms with Crippen molar-refractivity contribution in [2.24, 2.45) is 0 Å². The van der Waals surface area contributed by atoms with Crippen LogP contribution in [-0.2, 0) is 6.42 Å². The summed E-state index contributed by atoms with van der Waals surface area (Å²) in [6.07, 6.45) is 0.761. The molecule has 0 aliphatic heterocycles. The lowest BCUT2D eigenvalue weighted by Gasteiger charge is -1.98. The van der Waals surface area contributed by atoms with Crippen molar-refractivity contribution in [3.05, 3.63) is 21.9 Å². The van der Waals surface area contributed by atoms with E-state index in [1.165, 1.54) is 0 Å². The van der Waals surface area contributed by atoms with E-state index in [4.69, 9.17) is 23.2 Å². The van der Waals surface area contributed by atoms with Crippen LogP contribution in [0.15, 0.2) is 6.07 Å².